The molecule has 3 nitrogen and oxygen atoms in total. The van der Waals surface area contributed by atoms with E-state index >= 15 is 0 Å². The summed E-state index contributed by atoms with van der Waals surface area (Å²) in [6.07, 6.45) is 0. The Bertz CT molecular complexity index is 509. The topological polar surface area (TPSA) is 27.7 Å². The molecule has 0 radical (unpaired) electrons. The zero-order chi connectivity index (χ0) is 14.4. The molecule has 2 aromatic carbocycles. The highest BCUT2D eigenvalue weighted by Crippen LogP contribution is 2.41. The van der Waals surface area contributed by atoms with Gasteiger partial charge in [0.15, 0.2) is 0 Å². The minimum Gasteiger partial charge on any atom is -0.418 e. The summed E-state index contributed by atoms with van der Waals surface area (Å²) in [5.74, 6) is 1.52. The van der Waals surface area contributed by atoms with Crippen molar-refractivity contribution in [2.45, 2.75) is 20.8 Å². The first kappa shape index (κ1) is 14.8. The predicted octanol–water partition coefficient (Wildman–Crippen LogP) is 5.02. The molecule has 0 aliphatic rings. The molecule has 0 unspecified atom stereocenters. The first-order valence-corrected chi connectivity index (χ1v) is 7.69. The van der Waals surface area contributed by atoms with E-state index in [0.717, 1.165) is 22.6 Å². The van der Waals surface area contributed by atoms with Crippen molar-refractivity contribution < 1.29 is 13.6 Å². The van der Waals surface area contributed by atoms with Gasteiger partial charge in [-0.25, -0.2) is 0 Å². The maximum absolute atomic E-state index is 5.80. The average Bonchev–Trinajstić information content (AvgIpc) is 2.39. The highest BCUT2D eigenvalue weighted by Gasteiger charge is 2.16. The van der Waals surface area contributed by atoms with Gasteiger partial charge in [-0.2, -0.15) is 0 Å². The largest absolute Gasteiger partial charge is 0.463 e. The van der Waals surface area contributed by atoms with Gasteiger partial charge in [-0.3, -0.25) is 4.52 Å². The molecule has 2 rings (SSSR count). The predicted molar refractivity (Wildman–Crippen MR) is 82.2 cm³/mol. The Morgan fingerprint density at radius 2 is 1.35 bits per heavy atom. The minimum absolute atomic E-state index is 0.545. The number of rotatable bonds is 6. The average molecular weight is 290 g/mol. The summed E-state index contributed by atoms with van der Waals surface area (Å²) < 4.78 is 17.1. The van der Waals surface area contributed by atoms with Gasteiger partial charge in [-0.15, -0.1) is 0 Å². The standard InChI is InChI=1S/C16H19O3P/c1-4-17-20(18-15-9-5-7-13(2)11-15)19-16-10-6-8-14(3)12-16/h5-12H,4H2,1-3H3. The third-order valence-corrected chi connectivity index (χ3v) is 3.76. The van der Waals surface area contributed by atoms with Crippen LogP contribution < -0.4 is 9.05 Å². The van der Waals surface area contributed by atoms with Crippen molar-refractivity contribution in [2.75, 3.05) is 6.61 Å². The molecule has 0 heterocycles. The molecule has 0 aliphatic carbocycles. The lowest BCUT2D eigenvalue weighted by Crippen LogP contribution is -2.00. The number of aryl methyl sites for hydroxylation is 2. The van der Waals surface area contributed by atoms with E-state index in [1.54, 1.807) is 0 Å². The van der Waals surface area contributed by atoms with Crippen molar-refractivity contribution in [3.05, 3.63) is 59.7 Å². The van der Waals surface area contributed by atoms with Gasteiger partial charge in [0.2, 0.25) is 0 Å². The molecule has 2 aromatic rings. The number of hydrogen-bond acceptors (Lipinski definition) is 3. The van der Waals surface area contributed by atoms with E-state index in [4.69, 9.17) is 13.6 Å². The van der Waals surface area contributed by atoms with Gasteiger partial charge in [-0.05, 0) is 56.2 Å². The highest BCUT2D eigenvalue weighted by molar-refractivity contribution is 7.42. The number of hydrogen-bond donors (Lipinski definition) is 0. The van der Waals surface area contributed by atoms with Crippen molar-refractivity contribution in [3.63, 3.8) is 0 Å². The van der Waals surface area contributed by atoms with E-state index in [9.17, 15) is 0 Å². The Morgan fingerprint density at radius 3 is 1.75 bits per heavy atom. The molecule has 0 saturated carbocycles. The normalized spacial score (nSPS) is 10.6. The molecule has 4 heteroatoms. The molecule has 0 atom stereocenters. The lowest BCUT2D eigenvalue weighted by atomic mass is 10.2. The fraction of sp³-hybridized carbons (Fsp3) is 0.250. The van der Waals surface area contributed by atoms with Crippen molar-refractivity contribution in [1.29, 1.82) is 0 Å². The fourth-order valence-electron chi connectivity index (χ4n) is 1.69. The Hall–Kier alpha value is -1.57. The summed E-state index contributed by atoms with van der Waals surface area (Å²) in [5.41, 5.74) is 2.29. The Kier molecular flexibility index (Phi) is 5.40. The van der Waals surface area contributed by atoms with E-state index in [1.807, 2.05) is 69.3 Å². The molecule has 0 aliphatic heterocycles. The Morgan fingerprint density at radius 1 is 0.850 bits per heavy atom. The molecule has 0 amide bonds. The lowest BCUT2D eigenvalue weighted by Gasteiger charge is -2.17. The molecular formula is C16H19O3P. The molecule has 0 saturated heterocycles. The molecule has 0 fully saturated rings. The third kappa shape index (κ3) is 4.52. The van der Waals surface area contributed by atoms with E-state index in [1.165, 1.54) is 0 Å². The van der Waals surface area contributed by atoms with E-state index < -0.39 is 8.60 Å². The summed E-state index contributed by atoms with van der Waals surface area (Å²) in [7, 11) is -1.44. The molecule has 106 valence electrons. The van der Waals surface area contributed by atoms with Crippen molar-refractivity contribution in [1.82, 2.24) is 0 Å². The second kappa shape index (κ2) is 7.28. The first-order valence-electron chi connectivity index (χ1n) is 6.59. The van der Waals surface area contributed by atoms with Crippen LogP contribution in [0.5, 0.6) is 11.5 Å². The first-order chi connectivity index (χ1) is 9.67. The molecule has 0 spiro atoms. The van der Waals surface area contributed by atoms with Crippen LogP contribution in [0, 0.1) is 13.8 Å². The third-order valence-electron chi connectivity index (χ3n) is 2.57. The summed E-state index contributed by atoms with van der Waals surface area (Å²) in [6, 6.07) is 15.7. The van der Waals surface area contributed by atoms with Crippen molar-refractivity contribution in [2.24, 2.45) is 0 Å². The summed E-state index contributed by atoms with van der Waals surface area (Å²) in [4.78, 5) is 0. The summed E-state index contributed by atoms with van der Waals surface area (Å²) >= 11 is 0. The molecule has 0 aromatic heterocycles. The van der Waals surface area contributed by atoms with Crippen molar-refractivity contribution >= 4 is 8.60 Å². The maximum atomic E-state index is 5.80. The van der Waals surface area contributed by atoms with Crippen LogP contribution in [-0.2, 0) is 4.52 Å². The minimum atomic E-state index is -1.44. The van der Waals surface area contributed by atoms with Crippen LogP contribution in [0.1, 0.15) is 18.1 Å². The Labute approximate surface area is 121 Å². The molecule has 20 heavy (non-hydrogen) atoms. The molecule has 0 N–H and O–H groups in total. The van der Waals surface area contributed by atoms with Crippen LogP contribution >= 0.6 is 8.60 Å². The van der Waals surface area contributed by atoms with Crippen LogP contribution in [-0.4, -0.2) is 6.61 Å². The van der Waals surface area contributed by atoms with Gasteiger partial charge in [0.1, 0.15) is 11.5 Å². The second-order valence-corrected chi connectivity index (χ2v) is 5.53. The number of benzene rings is 2. The quantitative estimate of drug-likeness (QED) is 0.699. The molecule has 0 bridgehead atoms. The Balaban J connectivity index is 2.07. The zero-order valence-corrected chi connectivity index (χ0v) is 12.9. The maximum Gasteiger partial charge on any atom is 0.463 e. The van der Waals surface area contributed by atoms with Crippen LogP contribution in [0.25, 0.3) is 0 Å². The van der Waals surface area contributed by atoms with Gasteiger partial charge in [-0.1, -0.05) is 24.3 Å². The van der Waals surface area contributed by atoms with Gasteiger partial charge >= 0.3 is 8.60 Å². The van der Waals surface area contributed by atoms with Crippen LogP contribution in [0.3, 0.4) is 0 Å². The highest BCUT2D eigenvalue weighted by atomic mass is 31.2. The summed E-state index contributed by atoms with van der Waals surface area (Å²) in [6.45, 7) is 6.52. The van der Waals surface area contributed by atoms with Crippen LogP contribution in [0.15, 0.2) is 48.5 Å². The second-order valence-electron chi connectivity index (χ2n) is 4.46. The SMILES string of the molecule is CCOP(Oc1cccc(C)c1)Oc1cccc(C)c1. The van der Waals surface area contributed by atoms with E-state index in [-0.39, 0.29) is 0 Å². The van der Waals surface area contributed by atoms with Gasteiger partial charge in [0.25, 0.3) is 0 Å². The zero-order valence-electron chi connectivity index (χ0n) is 12.0. The monoisotopic (exact) mass is 290 g/mol. The fourth-order valence-corrected chi connectivity index (χ4v) is 2.62. The van der Waals surface area contributed by atoms with E-state index in [0.29, 0.717) is 6.61 Å². The van der Waals surface area contributed by atoms with Gasteiger partial charge in [0.05, 0.1) is 6.61 Å². The van der Waals surface area contributed by atoms with Crippen LogP contribution in [0.4, 0.5) is 0 Å². The van der Waals surface area contributed by atoms with Crippen LogP contribution in [0.2, 0.25) is 0 Å². The van der Waals surface area contributed by atoms with Gasteiger partial charge in [0, 0.05) is 0 Å². The van der Waals surface area contributed by atoms with E-state index in [2.05, 4.69) is 0 Å². The smallest absolute Gasteiger partial charge is 0.418 e. The van der Waals surface area contributed by atoms with Gasteiger partial charge < -0.3 is 9.05 Å². The lowest BCUT2D eigenvalue weighted by molar-refractivity contribution is 0.280. The van der Waals surface area contributed by atoms with Crippen molar-refractivity contribution in [3.8, 4) is 11.5 Å². The molecular weight excluding hydrogens is 271 g/mol. The summed E-state index contributed by atoms with van der Waals surface area (Å²) in [5, 5.41) is 0.